The second kappa shape index (κ2) is 10.2. The predicted octanol–water partition coefficient (Wildman–Crippen LogP) is 8.94. The first-order valence-corrected chi connectivity index (χ1v) is 11.9. The van der Waals surface area contributed by atoms with Crippen LogP contribution in [0.15, 0.2) is 133 Å². The summed E-state index contributed by atoms with van der Waals surface area (Å²) < 4.78 is 0. The fraction of sp³-hybridized carbons (Fsp3) is 0.0625. The van der Waals surface area contributed by atoms with Crippen molar-refractivity contribution in [2.24, 2.45) is 0 Å². The van der Waals surface area contributed by atoms with Crippen molar-refractivity contribution in [1.82, 2.24) is 0 Å². The van der Waals surface area contributed by atoms with E-state index in [0.29, 0.717) is 0 Å². The molecule has 35 heavy (non-hydrogen) atoms. The summed E-state index contributed by atoms with van der Waals surface area (Å²) in [6.07, 6.45) is 0. The van der Waals surface area contributed by atoms with Gasteiger partial charge in [0.2, 0.25) is 0 Å². The average Bonchev–Trinajstić information content (AvgIpc) is 2.90. The van der Waals surface area contributed by atoms with Crippen molar-refractivity contribution in [2.75, 3.05) is 15.3 Å². The highest BCUT2D eigenvalue weighted by Crippen LogP contribution is 2.40. The minimum absolute atomic E-state index is 1.02. The molecule has 5 aromatic rings. The van der Waals surface area contributed by atoms with Crippen LogP contribution in [-0.2, 0) is 0 Å². The smallest absolute Gasteiger partial charge is 0.0871 e. The van der Waals surface area contributed by atoms with E-state index >= 15 is 0 Å². The van der Waals surface area contributed by atoms with E-state index < -0.39 is 0 Å². The van der Waals surface area contributed by atoms with E-state index in [4.69, 9.17) is 0 Å². The molecule has 3 nitrogen and oxygen atoms in total. The third kappa shape index (κ3) is 5.04. The third-order valence-corrected chi connectivity index (χ3v) is 5.94. The van der Waals surface area contributed by atoms with Gasteiger partial charge in [0.25, 0.3) is 0 Å². The van der Waals surface area contributed by atoms with E-state index in [1.807, 2.05) is 18.2 Å². The molecule has 0 radical (unpaired) electrons. The number of anilines is 6. The first-order chi connectivity index (χ1) is 17.2. The monoisotopic (exact) mass is 455 g/mol. The van der Waals surface area contributed by atoms with Crippen LogP contribution in [0.4, 0.5) is 34.1 Å². The molecular formula is C32H29N3. The Balaban J connectivity index is 1.71. The Kier molecular flexibility index (Phi) is 6.49. The summed E-state index contributed by atoms with van der Waals surface area (Å²) in [5.74, 6) is 0. The quantitative estimate of drug-likeness (QED) is 0.247. The topological polar surface area (TPSA) is 18.5 Å². The SMILES string of the molecule is Cc1ccc(N(c2ccc(C)cc2)N(c2ccccc2)c2ccccc2Nc2ccccc2)cc1. The van der Waals surface area contributed by atoms with Crippen molar-refractivity contribution < 1.29 is 0 Å². The highest BCUT2D eigenvalue weighted by molar-refractivity contribution is 5.85. The van der Waals surface area contributed by atoms with Crippen molar-refractivity contribution in [1.29, 1.82) is 0 Å². The molecule has 3 heteroatoms. The minimum atomic E-state index is 1.02. The van der Waals surface area contributed by atoms with E-state index in [1.165, 1.54) is 11.1 Å². The van der Waals surface area contributed by atoms with Crippen LogP contribution >= 0.6 is 0 Å². The summed E-state index contributed by atoms with van der Waals surface area (Å²) in [5.41, 5.74) is 8.80. The van der Waals surface area contributed by atoms with Gasteiger partial charge in [0.1, 0.15) is 0 Å². The number of hydrogen-bond donors (Lipinski definition) is 1. The standard InChI is InChI=1S/C32H29N3/c1-25-17-21-29(22-18-25)34(30-23-19-26(2)20-24-30)35(28-13-7-4-8-14-28)32-16-10-9-15-31(32)33-27-11-5-3-6-12-27/h3-24,33H,1-2H3. The van der Waals surface area contributed by atoms with Gasteiger partial charge in [0.15, 0.2) is 0 Å². The maximum absolute atomic E-state index is 3.63. The number of hydrogen-bond acceptors (Lipinski definition) is 3. The van der Waals surface area contributed by atoms with Crippen LogP contribution in [-0.4, -0.2) is 0 Å². The number of hydrazine groups is 1. The minimum Gasteiger partial charge on any atom is -0.354 e. The maximum atomic E-state index is 3.63. The van der Waals surface area contributed by atoms with Gasteiger partial charge in [-0.1, -0.05) is 83.9 Å². The lowest BCUT2D eigenvalue weighted by Gasteiger charge is -2.39. The first-order valence-electron chi connectivity index (χ1n) is 11.9. The van der Waals surface area contributed by atoms with Crippen molar-refractivity contribution in [3.05, 3.63) is 145 Å². The molecule has 1 N–H and O–H groups in total. The normalized spacial score (nSPS) is 10.6. The molecule has 0 aromatic heterocycles. The van der Waals surface area contributed by atoms with E-state index in [9.17, 15) is 0 Å². The Bertz CT molecular complexity index is 1320. The highest BCUT2D eigenvalue weighted by atomic mass is 15.6. The number of nitrogens with one attached hydrogen (secondary N) is 1. The molecule has 0 saturated heterocycles. The van der Waals surface area contributed by atoms with E-state index in [0.717, 1.165) is 34.1 Å². The molecule has 0 saturated carbocycles. The fourth-order valence-electron chi connectivity index (χ4n) is 4.12. The second-order valence-corrected chi connectivity index (χ2v) is 8.64. The Morgan fingerprint density at radius 2 is 0.886 bits per heavy atom. The predicted molar refractivity (Wildman–Crippen MR) is 149 cm³/mol. The highest BCUT2D eigenvalue weighted by Gasteiger charge is 2.23. The Hall–Kier alpha value is -4.50. The van der Waals surface area contributed by atoms with Gasteiger partial charge in [-0.25, -0.2) is 10.0 Å². The van der Waals surface area contributed by atoms with Crippen LogP contribution in [0.5, 0.6) is 0 Å². The van der Waals surface area contributed by atoms with Crippen LogP contribution in [0.2, 0.25) is 0 Å². The molecule has 0 aliphatic carbocycles. The Morgan fingerprint density at radius 1 is 0.429 bits per heavy atom. The van der Waals surface area contributed by atoms with Crippen molar-refractivity contribution >= 4 is 34.1 Å². The average molecular weight is 456 g/mol. The molecular weight excluding hydrogens is 426 g/mol. The van der Waals surface area contributed by atoms with Gasteiger partial charge in [0.05, 0.1) is 28.4 Å². The number of nitrogens with zero attached hydrogens (tertiary/aromatic N) is 2. The van der Waals surface area contributed by atoms with Crippen molar-refractivity contribution in [3.63, 3.8) is 0 Å². The number of para-hydroxylation sites is 4. The fourth-order valence-corrected chi connectivity index (χ4v) is 4.12. The lowest BCUT2D eigenvalue weighted by Crippen LogP contribution is -2.36. The van der Waals surface area contributed by atoms with Gasteiger partial charge in [-0.05, 0) is 74.5 Å². The number of rotatable bonds is 7. The molecule has 0 fully saturated rings. The maximum Gasteiger partial charge on any atom is 0.0871 e. The molecule has 172 valence electrons. The molecule has 0 unspecified atom stereocenters. The largest absolute Gasteiger partial charge is 0.354 e. The van der Waals surface area contributed by atoms with Crippen LogP contribution < -0.4 is 15.3 Å². The Morgan fingerprint density at radius 3 is 1.46 bits per heavy atom. The first kappa shape index (κ1) is 22.3. The zero-order valence-electron chi connectivity index (χ0n) is 20.1. The van der Waals surface area contributed by atoms with E-state index in [1.54, 1.807) is 0 Å². The van der Waals surface area contributed by atoms with Crippen molar-refractivity contribution in [2.45, 2.75) is 13.8 Å². The van der Waals surface area contributed by atoms with Crippen LogP contribution in [0.25, 0.3) is 0 Å². The molecule has 0 atom stereocenters. The second-order valence-electron chi connectivity index (χ2n) is 8.64. The third-order valence-electron chi connectivity index (χ3n) is 5.94. The Labute approximate surface area is 207 Å². The molecule has 5 rings (SSSR count). The zero-order chi connectivity index (χ0) is 24.0. The molecule has 5 aromatic carbocycles. The van der Waals surface area contributed by atoms with Gasteiger partial charge in [0, 0.05) is 5.69 Å². The van der Waals surface area contributed by atoms with Gasteiger partial charge < -0.3 is 5.32 Å². The summed E-state index contributed by atoms with van der Waals surface area (Å²) in [5, 5.41) is 8.19. The molecule has 0 spiro atoms. The summed E-state index contributed by atoms with van der Waals surface area (Å²) in [4.78, 5) is 0. The van der Waals surface area contributed by atoms with Gasteiger partial charge >= 0.3 is 0 Å². The lowest BCUT2D eigenvalue weighted by atomic mass is 10.1. The molecule has 0 amide bonds. The molecule has 0 aliphatic heterocycles. The van der Waals surface area contributed by atoms with Crippen LogP contribution in [0, 0.1) is 13.8 Å². The zero-order valence-corrected chi connectivity index (χ0v) is 20.1. The van der Waals surface area contributed by atoms with Crippen molar-refractivity contribution in [3.8, 4) is 0 Å². The van der Waals surface area contributed by atoms with Crippen LogP contribution in [0.1, 0.15) is 11.1 Å². The lowest BCUT2D eigenvalue weighted by molar-refractivity contribution is 0.989. The van der Waals surface area contributed by atoms with E-state index in [-0.39, 0.29) is 0 Å². The van der Waals surface area contributed by atoms with Gasteiger partial charge in [-0.3, -0.25) is 0 Å². The van der Waals surface area contributed by atoms with Crippen LogP contribution in [0.3, 0.4) is 0 Å². The molecule has 0 bridgehead atoms. The van der Waals surface area contributed by atoms with Gasteiger partial charge in [-0.2, -0.15) is 0 Å². The van der Waals surface area contributed by atoms with Gasteiger partial charge in [-0.15, -0.1) is 0 Å². The van der Waals surface area contributed by atoms with E-state index in [2.05, 4.69) is 144 Å². The summed E-state index contributed by atoms with van der Waals surface area (Å²) >= 11 is 0. The number of aryl methyl sites for hydroxylation is 2. The summed E-state index contributed by atoms with van der Waals surface area (Å²) in [6, 6.07) is 46.6. The molecule has 0 aliphatic rings. The molecule has 0 heterocycles. The number of benzene rings is 5. The summed E-state index contributed by atoms with van der Waals surface area (Å²) in [6.45, 7) is 4.24. The summed E-state index contributed by atoms with van der Waals surface area (Å²) in [7, 11) is 0.